The van der Waals surface area contributed by atoms with E-state index >= 15 is 0 Å². The summed E-state index contributed by atoms with van der Waals surface area (Å²) in [4.78, 5) is 2.50. The van der Waals surface area contributed by atoms with E-state index in [1.165, 1.54) is 23.1 Å². The van der Waals surface area contributed by atoms with Crippen LogP contribution in [0.15, 0.2) is 18.2 Å². The van der Waals surface area contributed by atoms with Gasteiger partial charge in [0, 0.05) is 26.2 Å². The lowest BCUT2D eigenvalue weighted by Gasteiger charge is -2.33. The first kappa shape index (κ1) is 21.8. The number of rotatable bonds is 6. The van der Waals surface area contributed by atoms with Crippen molar-refractivity contribution in [3.05, 3.63) is 34.9 Å². The first-order valence-electron chi connectivity index (χ1n) is 12.2. The molecule has 2 aliphatic heterocycles. The molecule has 6 nitrogen and oxygen atoms in total. The Hall–Kier alpha value is -0.990. The highest BCUT2D eigenvalue weighted by Gasteiger charge is 2.59. The molecule has 0 aromatic heterocycles. The van der Waals surface area contributed by atoms with Crippen molar-refractivity contribution in [2.24, 2.45) is 11.8 Å². The molecule has 2 heterocycles. The van der Waals surface area contributed by atoms with Gasteiger partial charge in [0.05, 0.1) is 18.8 Å². The van der Waals surface area contributed by atoms with Crippen molar-refractivity contribution in [3.63, 3.8) is 0 Å². The predicted octanol–water partition coefficient (Wildman–Crippen LogP) is 2.38. The van der Waals surface area contributed by atoms with Crippen molar-refractivity contribution in [1.29, 1.82) is 0 Å². The number of aryl methyl sites for hydroxylation is 1. The van der Waals surface area contributed by atoms with Gasteiger partial charge in [0.2, 0.25) is 0 Å². The van der Waals surface area contributed by atoms with Crippen LogP contribution in [0.2, 0.25) is 0 Å². The van der Waals surface area contributed by atoms with Gasteiger partial charge in [-0.25, -0.2) is 0 Å². The zero-order chi connectivity index (χ0) is 21.5. The normalized spacial score (nSPS) is 32.9. The molecule has 2 saturated heterocycles. The van der Waals surface area contributed by atoms with E-state index < -0.39 is 10.2 Å². The Morgan fingerprint density at radius 2 is 1.84 bits per heavy atom. The molecule has 1 spiro atoms. The van der Waals surface area contributed by atoms with Gasteiger partial charge in [-0.05, 0) is 80.0 Å². The molecule has 3 fully saturated rings. The van der Waals surface area contributed by atoms with Crippen LogP contribution in [-0.2, 0) is 34.2 Å². The van der Waals surface area contributed by atoms with E-state index in [1.807, 2.05) is 0 Å². The third-order valence-corrected chi connectivity index (χ3v) is 9.77. The minimum atomic E-state index is -3.35. The largest absolute Gasteiger partial charge is 0.379 e. The van der Waals surface area contributed by atoms with Crippen LogP contribution in [0.4, 0.5) is 0 Å². The third-order valence-electron chi connectivity index (χ3n) is 8.14. The quantitative estimate of drug-likeness (QED) is 0.727. The number of fused-ring (bicyclic) bond motifs is 1. The number of morpholine rings is 1. The summed E-state index contributed by atoms with van der Waals surface area (Å²) >= 11 is 0. The summed E-state index contributed by atoms with van der Waals surface area (Å²) in [6, 6.07) is 7.07. The third kappa shape index (κ3) is 4.20. The van der Waals surface area contributed by atoms with Gasteiger partial charge >= 0.3 is 0 Å². The summed E-state index contributed by atoms with van der Waals surface area (Å²) in [7, 11) is -3.35. The summed E-state index contributed by atoms with van der Waals surface area (Å²) < 4.78 is 36.0. The second-order valence-electron chi connectivity index (χ2n) is 10.0. The van der Waals surface area contributed by atoms with Crippen molar-refractivity contribution in [2.45, 2.75) is 57.4 Å². The van der Waals surface area contributed by atoms with Gasteiger partial charge < -0.3 is 4.74 Å². The average molecular weight is 448 g/mol. The molecule has 1 aromatic rings. The van der Waals surface area contributed by atoms with Crippen molar-refractivity contribution >= 4 is 10.2 Å². The van der Waals surface area contributed by atoms with Crippen LogP contribution < -0.4 is 4.72 Å². The predicted molar refractivity (Wildman–Crippen MR) is 122 cm³/mol. The van der Waals surface area contributed by atoms with Gasteiger partial charge in [0.1, 0.15) is 0 Å². The summed E-state index contributed by atoms with van der Waals surface area (Å²) in [5.41, 5.74) is 4.06. The molecule has 2 bridgehead atoms. The molecule has 7 heteroatoms. The Morgan fingerprint density at radius 1 is 1.10 bits per heavy atom. The lowest BCUT2D eigenvalue weighted by atomic mass is 9.79. The van der Waals surface area contributed by atoms with Gasteiger partial charge in [0.15, 0.2) is 0 Å². The van der Waals surface area contributed by atoms with Crippen LogP contribution >= 0.6 is 0 Å². The maximum Gasteiger partial charge on any atom is 0.280 e. The number of nitrogens with one attached hydrogen (secondary N) is 1. The Labute approximate surface area is 187 Å². The molecule has 0 amide bonds. The molecule has 2 aliphatic carbocycles. The summed E-state index contributed by atoms with van der Waals surface area (Å²) in [5, 5.41) is 0. The van der Waals surface area contributed by atoms with Crippen molar-refractivity contribution in [3.8, 4) is 0 Å². The van der Waals surface area contributed by atoms with Gasteiger partial charge in [-0.3, -0.25) is 4.90 Å². The second kappa shape index (κ2) is 8.75. The molecular weight excluding hydrogens is 410 g/mol. The van der Waals surface area contributed by atoms with Gasteiger partial charge in [-0.2, -0.15) is 17.4 Å². The molecule has 0 radical (unpaired) electrons. The molecule has 4 aliphatic rings. The lowest BCUT2D eigenvalue weighted by molar-refractivity contribution is 0.0374. The van der Waals surface area contributed by atoms with Crippen molar-refractivity contribution in [1.82, 2.24) is 13.9 Å². The molecule has 0 unspecified atom stereocenters. The summed E-state index contributed by atoms with van der Waals surface area (Å²) in [5.74, 6) is 0.807. The highest BCUT2D eigenvalue weighted by molar-refractivity contribution is 7.87. The molecule has 31 heavy (non-hydrogen) atoms. The van der Waals surface area contributed by atoms with Crippen LogP contribution in [-0.4, -0.2) is 69.1 Å². The smallest absolute Gasteiger partial charge is 0.280 e. The minimum absolute atomic E-state index is 0.274. The van der Waals surface area contributed by atoms with Crippen LogP contribution in [0.25, 0.3) is 0 Å². The second-order valence-corrected chi connectivity index (χ2v) is 11.7. The Morgan fingerprint density at radius 3 is 2.58 bits per heavy atom. The minimum Gasteiger partial charge on any atom is -0.379 e. The van der Waals surface area contributed by atoms with Crippen LogP contribution in [0.1, 0.15) is 49.3 Å². The fourth-order valence-corrected chi connectivity index (χ4v) is 8.31. The van der Waals surface area contributed by atoms with E-state index in [4.69, 9.17) is 4.74 Å². The fraction of sp³-hybridized carbons (Fsp3) is 0.750. The monoisotopic (exact) mass is 447 g/mol. The first-order valence-corrected chi connectivity index (χ1v) is 13.6. The van der Waals surface area contributed by atoms with Crippen LogP contribution in [0, 0.1) is 11.8 Å². The van der Waals surface area contributed by atoms with Crippen molar-refractivity contribution in [2.75, 3.05) is 45.9 Å². The number of hydrogen-bond acceptors (Lipinski definition) is 4. The topological polar surface area (TPSA) is 61.9 Å². The molecule has 172 valence electrons. The molecule has 1 aromatic carbocycles. The van der Waals surface area contributed by atoms with E-state index in [9.17, 15) is 8.42 Å². The summed E-state index contributed by atoms with van der Waals surface area (Å²) in [6.45, 7) is 8.31. The molecule has 3 atom stereocenters. The van der Waals surface area contributed by atoms with E-state index in [1.54, 1.807) is 4.31 Å². The number of hydrogen-bond donors (Lipinski definition) is 1. The van der Waals surface area contributed by atoms with E-state index in [-0.39, 0.29) is 5.54 Å². The van der Waals surface area contributed by atoms with Gasteiger partial charge in [-0.15, -0.1) is 0 Å². The zero-order valence-electron chi connectivity index (χ0n) is 18.8. The Balaban J connectivity index is 1.29. The first-order chi connectivity index (χ1) is 15.0. The maximum absolute atomic E-state index is 12.8. The van der Waals surface area contributed by atoms with Gasteiger partial charge in [0.25, 0.3) is 10.2 Å². The van der Waals surface area contributed by atoms with E-state index in [0.29, 0.717) is 24.9 Å². The molecule has 5 rings (SSSR count). The molecule has 1 N–H and O–H groups in total. The Bertz CT molecular complexity index is 899. The van der Waals surface area contributed by atoms with E-state index in [2.05, 4.69) is 34.7 Å². The Kier molecular flexibility index (Phi) is 6.16. The SMILES string of the molecule is CCCN1C[C@]2(NS1(=O)=O)[C@@H]1CC[C@H]2Cc2ccc(CCCN3CCOCC3)cc2C1. The number of nitrogens with zero attached hydrogens (tertiary/aromatic N) is 2. The molecular formula is C24H37N3O3S. The zero-order valence-corrected chi connectivity index (χ0v) is 19.6. The number of ether oxygens (including phenoxy) is 1. The van der Waals surface area contributed by atoms with Gasteiger partial charge in [-0.1, -0.05) is 25.1 Å². The highest BCUT2D eigenvalue weighted by atomic mass is 32.2. The molecule has 1 saturated carbocycles. The fourth-order valence-electron chi connectivity index (χ4n) is 6.49. The average Bonchev–Trinajstić information content (AvgIpc) is 3.14. The lowest BCUT2D eigenvalue weighted by Crippen LogP contribution is -2.52. The standard InChI is InChI=1S/C24H37N3O3S/c1-2-9-27-18-24(25-31(27,28)29)22-7-8-23(24)17-21-15-19(5-6-20(21)16-22)4-3-10-26-11-13-30-14-12-26/h5-6,15,22-23,25H,2-4,7-14,16-18H2,1H3/t22-,23+,24+/m0/s1. The van der Waals surface area contributed by atoms with Crippen molar-refractivity contribution < 1.29 is 13.2 Å². The summed E-state index contributed by atoms with van der Waals surface area (Å²) in [6.07, 6.45) is 7.43. The van der Waals surface area contributed by atoms with Crippen LogP contribution in [0.3, 0.4) is 0 Å². The highest BCUT2D eigenvalue weighted by Crippen LogP contribution is 2.50. The number of benzene rings is 1. The van der Waals surface area contributed by atoms with Crippen LogP contribution in [0.5, 0.6) is 0 Å². The maximum atomic E-state index is 12.8. The van der Waals surface area contributed by atoms with E-state index in [0.717, 1.165) is 71.4 Å².